The Morgan fingerprint density at radius 1 is 0.818 bits per heavy atom. The van der Waals surface area contributed by atoms with Crippen molar-refractivity contribution in [3.63, 3.8) is 0 Å². The molecule has 0 unspecified atom stereocenters. The fraction of sp³-hybridized carbons (Fsp3) is 0. The van der Waals surface area contributed by atoms with Crippen LogP contribution in [-0.4, -0.2) is 25.1 Å². The highest BCUT2D eigenvalue weighted by atomic mass is 16.4. The van der Waals surface area contributed by atoms with Gasteiger partial charge in [0.05, 0.1) is 11.0 Å². The zero-order valence-electron chi connectivity index (χ0n) is 11.3. The number of benzene rings is 1. The van der Waals surface area contributed by atoms with Gasteiger partial charge in [-0.2, -0.15) is 0 Å². The van der Waals surface area contributed by atoms with Crippen LogP contribution in [0.4, 0.5) is 5.82 Å². The minimum absolute atomic E-state index is 0.219. The van der Waals surface area contributed by atoms with E-state index < -0.39 is 0 Å². The van der Waals surface area contributed by atoms with Crippen molar-refractivity contribution in [3.05, 3.63) is 48.7 Å². The molecule has 2 N–H and O–H groups in total. The van der Waals surface area contributed by atoms with Crippen LogP contribution in [0.15, 0.2) is 53.1 Å². The highest BCUT2D eigenvalue weighted by Crippen LogP contribution is 2.26. The maximum Gasteiger partial charge on any atom is 0.270 e. The molecule has 3 aromatic heterocycles. The normalized spacial score (nSPS) is 10.9. The first-order valence-corrected chi connectivity index (χ1v) is 6.59. The van der Waals surface area contributed by atoms with Crippen molar-refractivity contribution >= 4 is 16.9 Å². The lowest BCUT2D eigenvalue weighted by atomic mass is 10.3. The Morgan fingerprint density at radius 3 is 2.32 bits per heavy atom. The van der Waals surface area contributed by atoms with Gasteiger partial charge in [0.25, 0.3) is 11.8 Å². The molecule has 3 heterocycles. The molecule has 0 spiro atoms. The van der Waals surface area contributed by atoms with Crippen LogP contribution >= 0.6 is 0 Å². The van der Waals surface area contributed by atoms with Crippen molar-refractivity contribution in [1.82, 2.24) is 25.1 Å². The molecule has 0 atom stereocenters. The molecule has 0 bridgehead atoms. The second kappa shape index (κ2) is 4.88. The van der Waals surface area contributed by atoms with E-state index in [1.165, 1.54) is 0 Å². The highest BCUT2D eigenvalue weighted by molar-refractivity contribution is 5.80. The molecule has 7 nitrogen and oxygen atoms in total. The van der Waals surface area contributed by atoms with Crippen LogP contribution in [0.5, 0.6) is 0 Å². The molecule has 0 aliphatic rings. The van der Waals surface area contributed by atoms with Crippen molar-refractivity contribution in [1.29, 1.82) is 0 Å². The third-order valence-corrected chi connectivity index (χ3v) is 3.11. The first-order valence-electron chi connectivity index (χ1n) is 6.59. The van der Waals surface area contributed by atoms with Gasteiger partial charge in [-0.25, -0.2) is 9.97 Å². The van der Waals surface area contributed by atoms with Crippen molar-refractivity contribution in [2.45, 2.75) is 0 Å². The molecule has 4 rings (SSSR count). The van der Waals surface area contributed by atoms with E-state index in [9.17, 15) is 0 Å². The highest BCUT2D eigenvalue weighted by Gasteiger charge is 2.16. The fourth-order valence-corrected chi connectivity index (χ4v) is 2.08. The summed E-state index contributed by atoms with van der Waals surface area (Å²) in [5.41, 5.74) is 8.34. The maximum absolute atomic E-state index is 5.95. The van der Waals surface area contributed by atoms with Crippen LogP contribution in [0.25, 0.3) is 34.2 Å². The van der Waals surface area contributed by atoms with Gasteiger partial charge >= 0.3 is 0 Å². The summed E-state index contributed by atoms with van der Waals surface area (Å²) >= 11 is 0. The lowest BCUT2D eigenvalue weighted by Gasteiger charge is -2.02. The van der Waals surface area contributed by atoms with E-state index in [2.05, 4.69) is 25.1 Å². The molecule has 0 saturated carbocycles. The maximum atomic E-state index is 5.95. The van der Waals surface area contributed by atoms with Gasteiger partial charge in [0.1, 0.15) is 5.69 Å². The Balaban J connectivity index is 1.82. The summed E-state index contributed by atoms with van der Waals surface area (Å²) in [5, 5.41) is 7.97. The van der Waals surface area contributed by atoms with Crippen molar-refractivity contribution < 1.29 is 4.42 Å². The smallest absolute Gasteiger partial charge is 0.270 e. The summed E-state index contributed by atoms with van der Waals surface area (Å²) in [6, 6.07) is 12.9. The standard InChI is InChI=1S/C15H10N6O/c16-13-12(18-9-5-1-2-6-10(9)19-13)15-21-20-14(22-15)11-7-3-4-8-17-11/h1-8H,(H2,16,19). The van der Waals surface area contributed by atoms with Crippen LogP contribution < -0.4 is 5.73 Å². The van der Waals surface area contributed by atoms with E-state index in [0.717, 1.165) is 0 Å². The second-order valence-corrected chi connectivity index (χ2v) is 4.57. The Labute approximate surface area is 124 Å². The number of nitrogen functional groups attached to an aromatic ring is 1. The summed E-state index contributed by atoms with van der Waals surface area (Å²) in [7, 11) is 0. The molecule has 0 aliphatic carbocycles. The van der Waals surface area contributed by atoms with E-state index in [4.69, 9.17) is 10.2 Å². The summed E-state index contributed by atoms with van der Waals surface area (Å²) in [5.74, 6) is 0.774. The minimum Gasteiger partial charge on any atom is -0.413 e. The first kappa shape index (κ1) is 12.4. The van der Waals surface area contributed by atoms with E-state index in [1.54, 1.807) is 12.3 Å². The molecule has 7 heteroatoms. The topological polar surface area (TPSA) is 104 Å². The number of para-hydroxylation sites is 2. The number of hydrogen-bond donors (Lipinski definition) is 1. The van der Waals surface area contributed by atoms with E-state index in [1.807, 2.05) is 36.4 Å². The van der Waals surface area contributed by atoms with E-state index in [-0.39, 0.29) is 11.7 Å². The number of anilines is 1. The van der Waals surface area contributed by atoms with Crippen molar-refractivity contribution in [3.8, 4) is 23.2 Å². The molecule has 4 aromatic rings. The van der Waals surface area contributed by atoms with Gasteiger partial charge in [-0.05, 0) is 24.3 Å². The third-order valence-electron chi connectivity index (χ3n) is 3.11. The largest absolute Gasteiger partial charge is 0.413 e. The lowest BCUT2D eigenvalue weighted by molar-refractivity contribution is 0.580. The summed E-state index contributed by atoms with van der Waals surface area (Å²) < 4.78 is 5.62. The van der Waals surface area contributed by atoms with Crippen LogP contribution in [0.1, 0.15) is 0 Å². The molecule has 0 radical (unpaired) electrons. The SMILES string of the molecule is Nc1nc2ccccc2nc1-c1nnc(-c2ccccn2)o1. The Bertz CT molecular complexity index is 951. The predicted octanol–water partition coefficient (Wildman–Crippen LogP) is 2.32. The number of hydrogen-bond acceptors (Lipinski definition) is 7. The molecular formula is C15H10N6O. The van der Waals surface area contributed by atoms with Crippen LogP contribution in [0.2, 0.25) is 0 Å². The molecule has 0 saturated heterocycles. The first-order chi connectivity index (χ1) is 10.8. The average Bonchev–Trinajstić information content (AvgIpc) is 3.05. The fourth-order valence-electron chi connectivity index (χ4n) is 2.08. The van der Waals surface area contributed by atoms with Gasteiger partial charge in [0.15, 0.2) is 11.5 Å². The monoisotopic (exact) mass is 290 g/mol. The van der Waals surface area contributed by atoms with Crippen molar-refractivity contribution in [2.75, 3.05) is 5.73 Å². The minimum atomic E-state index is 0.219. The number of nitrogens with two attached hydrogens (primary N) is 1. The van der Waals surface area contributed by atoms with Gasteiger partial charge in [-0.15, -0.1) is 10.2 Å². The molecule has 0 fully saturated rings. The van der Waals surface area contributed by atoms with Gasteiger partial charge < -0.3 is 10.2 Å². The molecule has 22 heavy (non-hydrogen) atoms. The Kier molecular flexibility index (Phi) is 2.75. The average molecular weight is 290 g/mol. The predicted molar refractivity (Wildman–Crippen MR) is 80.5 cm³/mol. The number of aromatic nitrogens is 5. The molecule has 0 amide bonds. The zero-order valence-corrected chi connectivity index (χ0v) is 11.3. The lowest BCUT2D eigenvalue weighted by Crippen LogP contribution is -1.98. The molecule has 106 valence electrons. The Hall–Kier alpha value is -3.35. The second-order valence-electron chi connectivity index (χ2n) is 4.57. The number of nitrogens with zero attached hydrogens (tertiary/aromatic N) is 5. The molecular weight excluding hydrogens is 280 g/mol. The van der Waals surface area contributed by atoms with E-state index in [0.29, 0.717) is 28.3 Å². The quantitative estimate of drug-likeness (QED) is 0.604. The van der Waals surface area contributed by atoms with Gasteiger partial charge in [-0.3, -0.25) is 4.98 Å². The molecule has 0 aliphatic heterocycles. The van der Waals surface area contributed by atoms with Gasteiger partial charge in [0.2, 0.25) is 0 Å². The van der Waals surface area contributed by atoms with Crippen LogP contribution in [0.3, 0.4) is 0 Å². The third kappa shape index (κ3) is 2.05. The number of fused-ring (bicyclic) bond motifs is 1. The summed E-state index contributed by atoms with van der Waals surface area (Å²) in [6.07, 6.45) is 1.66. The van der Waals surface area contributed by atoms with E-state index >= 15 is 0 Å². The van der Waals surface area contributed by atoms with Gasteiger partial charge in [-0.1, -0.05) is 18.2 Å². The number of rotatable bonds is 2. The van der Waals surface area contributed by atoms with Crippen molar-refractivity contribution in [2.24, 2.45) is 0 Å². The summed E-state index contributed by atoms with van der Waals surface area (Å²) in [4.78, 5) is 12.9. The molecule has 1 aromatic carbocycles. The van der Waals surface area contributed by atoms with Crippen LogP contribution in [0, 0.1) is 0 Å². The Morgan fingerprint density at radius 2 is 1.55 bits per heavy atom. The van der Waals surface area contributed by atoms with Crippen LogP contribution in [-0.2, 0) is 0 Å². The zero-order chi connectivity index (χ0) is 14.9. The number of pyridine rings is 1. The summed E-state index contributed by atoms with van der Waals surface area (Å²) in [6.45, 7) is 0. The van der Waals surface area contributed by atoms with Gasteiger partial charge in [0, 0.05) is 6.20 Å².